The second-order valence-corrected chi connectivity index (χ2v) is 5.14. The Morgan fingerprint density at radius 1 is 1.38 bits per heavy atom. The summed E-state index contributed by atoms with van der Waals surface area (Å²) in [7, 11) is 0. The molecule has 0 saturated heterocycles. The highest BCUT2D eigenvalue weighted by Gasteiger charge is 2.37. The summed E-state index contributed by atoms with van der Waals surface area (Å²) >= 11 is 3.33. The van der Waals surface area contributed by atoms with E-state index in [0.717, 1.165) is 4.47 Å². The van der Waals surface area contributed by atoms with E-state index in [-0.39, 0.29) is 0 Å². The number of hydrogen-bond acceptors (Lipinski definition) is 2. The van der Waals surface area contributed by atoms with Gasteiger partial charge < -0.3 is 5.11 Å². The van der Waals surface area contributed by atoms with Crippen molar-refractivity contribution < 1.29 is 5.11 Å². The lowest BCUT2D eigenvalue weighted by molar-refractivity contribution is -0.0323. The second kappa shape index (κ2) is 3.10. The number of hydrogen-bond donors (Lipinski definition) is 1. The monoisotopic (exact) mass is 246 g/mol. The molecule has 0 aromatic carbocycles. The molecule has 74 valence electrons. The topological polar surface area (TPSA) is 38.0 Å². The van der Waals surface area contributed by atoms with E-state index in [1.54, 1.807) is 24.7 Å². The van der Waals surface area contributed by atoms with E-state index in [1.165, 1.54) is 0 Å². The molecule has 1 N–H and O–H groups in total. The number of aliphatic hydroxyl groups is 1. The fourth-order valence-corrected chi connectivity index (χ4v) is 1.17. The number of nitrogens with zero attached hydrogens (tertiary/aromatic N) is 2. The molecule has 0 saturated carbocycles. The molecule has 0 radical (unpaired) electrons. The lowest BCUT2D eigenvalue weighted by Crippen LogP contribution is -2.47. The molecule has 0 bridgehead atoms. The van der Waals surface area contributed by atoms with Gasteiger partial charge in [-0.15, -0.1) is 0 Å². The summed E-state index contributed by atoms with van der Waals surface area (Å²) in [5.41, 5.74) is -1.22. The fraction of sp³-hybridized carbons (Fsp3) is 0.667. The highest BCUT2D eigenvalue weighted by atomic mass is 79.9. The van der Waals surface area contributed by atoms with Crippen molar-refractivity contribution in [3.63, 3.8) is 0 Å². The minimum Gasteiger partial charge on any atom is -0.388 e. The average Bonchev–Trinajstić information content (AvgIpc) is 2.33. The maximum Gasteiger partial charge on any atom is 0.0852 e. The molecule has 0 aliphatic rings. The van der Waals surface area contributed by atoms with Crippen molar-refractivity contribution >= 4 is 15.9 Å². The van der Waals surface area contributed by atoms with Gasteiger partial charge in [-0.25, -0.2) is 0 Å². The maximum atomic E-state index is 9.93. The zero-order valence-corrected chi connectivity index (χ0v) is 9.96. The van der Waals surface area contributed by atoms with Crippen molar-refractivity contribution in [2.75, 3.05) is 0 Å². The fourth-order valence-electron chi connectivity index (χ4n) is 0.887. The third kappa shape index (κ3) is 1.94. The van der Waals surface area contributed by atoms with Gasteiger partial charge in [0.25, 0.3) is 0 Å². The van der Waals surface area contributed by atoms with Crippen LogP contribution in [0.15, 0.2) is 16.9 Å². The molecule has 0 amide bonds. The SMILES string of the molecule is CC(C)(O)C(C)(C)n1cc(Br)cn1. The molecular formula is C9H15BrN2O. The Labute approximate surface area is 86.9 Å². The Morgan fingerprint density at radius 3 is 2.23 bits per heavy atom. The number of aromatic nitrogens is 2. The first kappa shape index (κ1) is 10.7. The third-order valence-corrected chi connectivity index (χ3v) is 3.03. The summed E-state index contributed by atoms with van der Waals surface area (Å²) in [5.74, 6) is 0. The predicted octanol–water partition coefficient (Wildman–Crippen LogP) is 2.15. The van der Waals surface area contributed by atoms with E-state index in [9.17, 15) is 5.11 Å². The summed E-state index contributed by atoms with van der Waals surface area (Å²) in [5, 5.41) is 14.1. The summed E-state index contributed by atoms with van der Waals surface area (Å²) in [6, 6.07) is 0. The number of rotatable bonds is 2. The van der Waals surface area contributed by atoms with Gasteiger partial charge >= 0.3 is 0 Å². The zero-order chi connectivity index (χ0) is 10.3. The van der Waals surface area contributed by atoms with Gasteiger partial charge in [-0.2, -0.15) is 5.10 Å². The van der Waals surface area contributed by atoms with Crippen LogP contribution in [0.1, 0.15) is 27.7 Å². The van der Waals surface area contributed by atoms with Gasteiger partial charge in [0.05, 0.1) is 21.8 Å². The van der Waals surface area contributed by atoms with Crippen molar-refractivity contribution in [1.82, 2.24) is 9.78 Å². The molecule has 0 aliphatic heterocycles. The van der Waals surface area contributed by atoms with Crippen molar-refractivity contribution in [3.05, 3.63) is 16.9 Å². The Hall–Kier alpha value is -0.350. The Kier molecular flexibility index (Phi) is 2.56. The molecule has 0 spiro atoms. The molecule has 13 heavy (non-hydrogen) atoms. The van der Waals surface area contributed by atoms with Crippen LogP contribution in [-0.2, 0) is 5.54 Å². The largest absolute Gasteiger partial charge is 0.388 e. The smallest absolute Gasteiger partial charge is 0.0852 e. The van der Waals surface area contributed by atoms with Crippen molar-refractivity contribution in [1.29, 1.82) is 0 Å². The molecule has 3 nitrogen and oxygen atoms in total. The van der Waals surface area contributed by atoms with Gasteiger partial charge in [0.1, 0.15) is 0 Å². The molecule has 1 heterocycles. The lowest BCUT2D eigenvalue weighted by Gasteiger charge is -2.37. The summed E-state index contributed by atoms with van der Waals surface area (Å²) in [6.45, 7) is 7.46. The van der Waals surface area contributed by atoms with E-state index < -0.39 is 11.1 Å². The van der Waals surface area contributed by atoms with Crippen LogP contribution in [0.4, 0.5) is 0 Å². The zero-order valence-electron chi connectivity index (χ0n) is 8.37. The van der Waals surface area contributed by atoms with Gasteiger partial charge in [0, 0.05) is 6.20 Å². The van der Waals surface area contributed by atoms with Crippen molar-refractivity contribution in [2.45, 2.75) is 38.8 Å². The van der Waals surface area contributed by atoms with Crippen LogP contribution in [0.25, 0.3) is 0 Å². The van der Waals surface area contributed by atoms with Crippen LogP contribution in [0, 0.1) is 0 Å². The van der Waals surface area contributed by atoms with E-state index in [0.29, 0.717) is 0 Å². The molecule has 4 heteroatoms. The van der Waals surface area contributed by atoms with Crippen LogP contribution >= 0.6 is 15.9 Å². The van der Waals surface area contributed by atoms with Gasteiger partial charge in [-0.3, -0.25) is 4.68 Å². The summed E-state index contributed by atoms with van der Waals surface area (Å²) < 4.78 is 2.68. The Bertz CT molecular complexity index is 299. The molecule has 1 aromatic rings. The van der Waals surface area contributed by atoms with Crippen LogP contribution < -0.4 is 0 Å². The van der Waals surface area contributed by atoms with E-state index in [2.05, 4.69) is 21.0 Å². The first-order valence-corrected chi connectivity index (χ1v) is 4.97. The minimum absolute atomic E-state index is 0.418. The normalized spacial score (nSPS) is 13.4. The average molecular weight is 247 g/mol. The summed E-state index contributed by atoms with van der Waals surface area (Å²) in [4.78, 5) is 0. The molecule has 1 rings (SSSR count). The lowest BCUT2D eigenvalue weighted by atomic mass is 9.86. The molecule has 1 aromatic heterocycles. The van der Waals surface area contributed by atoms with E-state index >= 15 is 0 Å². The first-order valence-electron chi connectivity index (χ1n) is 4.18. The van der Waals surface area contributed by atoms with Gasteiger partial charge in [0.2, 0.25) is 0 Å². The van der Waals surface area contributed by atoms with Crippen molar-refractivity contribution in [3.8, 4) is 0 Å². The van der Waals surface area contributed by atoms with Crippen LogP contribution in [0.3, 0.4) is 0 Å². The van der Waals surface area contributed by atoms with Crippen molar-refractivity contribution in [2.24, 2.45) is 0 Å². The van der Waals surface area contributed by atoms with Gasteiger partial charge in [-0.05, 0) is 43.6 Å². The predicted molar refractivity (Wildman–Crippen MR) is 55.5 cm³/mol. The molecular weight excluding hydrogens is 232 g/mol. The Balaban J connectivity index is 3.07. The highest BCUT2D eigenvalue weighted by Crippen LogP contribution is 2.29. The third-order valence-electron chi connectivity index (χ3n) is 2.62. The first-order chi connectivity index (χ1) is 5.75. The minimum atomic E-state index is -0.807. The molecule has 0 unspecified atom stereocenters. The standard InChI is InChI=1S/C9H15BrN2O/c1-8(2,9(3,4)13)12-6-7(10)5-11-12/h5-6,13H,1-4H3. The second-order valence-electron chi connectivity index (χ2n) is 4.22. The van der Waals surface area contributed by atoms with Crippen LogP contribution in [0.2, 0.25) is 0 Å². The molecule has 0 atom stereocenters. The summed E-state index contributed by atoms with van der Waals surface area (Å²) in [6.07, 6.45) is 3.57. The quantitative estimate of drug-likeness (QED) is 0.869. The molecule has 0 fully saturated rings. The van der Waals surface area contributed by atoms with E-state index in [1.807, 2.05) is 20.0 Å². The van der Waals surface area contributed by atoms with Crippen LogP contribution in [-0.4, -0.2) is 20.5 Å². The maximum absolute atomic E-state index is 9.93. The Morgan fingerprint density at radius 2 is 1.92 bits per heavy atom. The number of halogens is 1. The van der Waals surface area contributed by atoms with Gasteiger partial charge in [0.15, 0.2) is 0 Å². The van der Waals surface area contributed by atoms with E-state index in [4.69, 9.17) is 0 Å². The van der Waals surface area contributed by atoms with Crippen LogP contribution in [0.5, 0.6) is 0 Å². The highest BCUT2D eigenvalue weighted by molar-refractivity contribution is 9.10. The molecule has 0 aliphatic carbocycles. The van der Waals surface area contributed by atoms with Gasteiger partial charge in [-0.1, -0.05) is 0 Å².